The second-order valence-electron chi connectivity index (χ2n) is 7.69. The summed E-state index contributed by atoms with van der Waals surface area (Å²) in [7, 11) is 3.29. The molecule has 0 radical (unpaired) electrons. The molecule has 0 aromatic heterocycles. The number of fused-ring (bicyclic) bond motifs is 3. The van der Waals surface area contributed by atoms with Crippen LogP contribution >= 0.6 is 0 Å². The average molecular weight is 431 g/mol. The van der Waals surface area contributed by atoms with Gasteiger partial charge in [0.05, 0.1) is 38.1 Å². The van der Waals surface area contributed by atoms with Crippen LogP contribution in [0.15, 0.2) is 71.8 Å². The second kappa shape index (κ2) is 8.46. The first-order valence-corrected chi connectivity index (χ1v) is 10.8. The molecule has 2 aliphatic rings. The largest absolute Gasteiger partial charge is 0.494 e. The van der Waals surface area contributed by atoms with E-state index in [0.717, 1.165) is 40.3 Å². The second-order valence-corrected chi connectivity index (χ2v) is 7.69. The van der Waals surface area contributed by atoms with Gasteiger partial charge < -0.3 is 18.9 Å². The van der Waals surface area contributed by atoms with E-state index >= 15 is 0 Å². The summed E-state index contributed by atoms with van der Waals surface area (Å²) in [5.74, 6) is 3.05. The van der Waals surface area contributed by atoms with Crippen molar-refractivity contribution in [3.63, 3.8) is 0 Å². The van der Waals surface area contributed by atoms with Crippen LogP contribution in [0.2, 0.25) is 0 Å². The van der Waals surface area contributed by atoms with Crippen LogP contribution in [-0.4, -0.2) is 31.5 Å². The Morgan fingerprint density at radius 2 is 1.72 bits per heavy atom. The van der Waals surface area contributed by atoms with Crippen molar-refractivity contribution in [1.82, 2.24) is 5.01 Å². The maximum atomic E-state index is 6.47. The first kappa shape index (κ1) is 20.2. The lowest BCUT2D eigenvalue weighted by molar-refractivity contribution is -0.0205. The van der Waals surface area contributed by atoms with Crippen molar-refractivity contribution in [3.05, 3.63) is 83.4 Å². The van der Waals surface area contributed by atoms with Crippen LogP contribution in [-0.2, 0) is 0 Å². The highest BCUT2D eigenvalue weighted by molar-refractivity contribution is 6.02. The quantitative estimate of drug-likeness (QED) is 0.528. The van der Waals surface area contributed by atoms with E-state index < -0.39 is 6.23 Å². The molecule has 0 spiro atoms. The van der Waals surface area contributed by atoms with Crippen molar-refractivity contribution in [2.24, 2.45) is 5.10 Å². The van der Waals surface area contributed by atoms with Crippen LogP contribution in [0.3, 0.4) is 0 Å². The molecular weight excluding hydrogens is 404 g/mol. The predicted molar refractivity (Wildman–Crippen MR) is 123 cm³/mol. The number of hydrogen-bond acceptors (Lipinski definition) is 6. The SMILES string of the molecule is CCOc1ccc(C2=NN3C(C2)c2ccccc2OC3c2cccc(OC)c2OC)cc1. The van der Waals surface area contributed by atoms with Gasteiger partial charge >= 0.3 is 0 Å². The van der Waals surface area contributed by atoms with Gasteiger partial charge in [-0.15, -0.1) is 0 Å². The van der Waals surface area contributed by atoms with Crippen molar-refractivity contribution in [2.45, 2.75) is 25.6 Å². The van der Waals surface area contributed by atoms with Gasteiger partial charge in [0.1, 0.15) is 11.5 Å². The minimum Gasteiger partial charge on any atom is -0.494 e. The third-order valence-electron chi connectivity index (χ3n) is 5.90. The van der Waals surface area contributed by atoms with Gasteiger partial charge in [-0.2, -0.15) is 5.10 Å². The third kappa shape index (κ3) is 3.42. The summed E-state index contributed by atoms with van der Waals surface area (Å²) in [6.07, 6.45) is 0.358. The highest BCUT2D eigenvalue weighted by Gasteiger charge is 2.42. The number of para-hydroxylation sites is 2. The molecule has 0 amide bonds. The van der Waals surface area contributed by atoms with Crippen molar-refractivity contribution < 1.29 is 18.9 Å². The molecule has 0 fully saturated rings. The van der Waals surface area contributed by atoms with Gasteiger partial charge in [-0.05, 0) is 55.0 Å². The molecule has 0 N–H and O–H groups in total. The molecule has 3 aromatic rings. The monoisotopic (exact) mass is 430 g/mol. The van der Waals surface area contributed by atoms with Crippen LogP contribution in [0.4, 0.5) is 0 Å². The van der Waals surface area contributed by atoms with Crippen LogP contribution in [0.25, 0.3) is 0 Å². The van der Waals surface area contributed by atoms with Gasteiger partial charge in [-0.3, -0.25) is 0 Å². The minimum atomic E-state index is -0.430. The average Bonchev–Trinajstić information content (AvgIpc) is 3.29. The zero-order valence-corrected chi connectivity index (χ0v) is 18.4. The molecule has 2 heterocycles. The topological polar surface area (TPSA) is 52.5 Å². The fourth-order valence-electron chi connectivity index (χ4n) is 4.43. The molecule has 5 rings (SSSR count). The van der Waals surface area contributed by atoms with Crippen LogP contribution in [0.5, 0.6) is 23.0 Å². The molecule has 0 saturated heterocycles. The molecule has 2 unspecified atom stereocenters. The lowest BCUT2D eigenvalue weighted by atomic mass is 9.95. The van der Waals surface area contributed by atoms with E-state index in [1.54, 1.807) is 14.2 Å². The normalized spacial score (nSPS) is 18.8. The van der Waals surface area contributed by atoms with Crippen molar-refractivity contribution in [1.29, 1.82) is 0 Å². The Morgan fingerprint density at radius 1 is 0.938 bits per heavy atom. The molecule has 164 valence electrons. The Labute approximate surface area is 188 Å². The lowest BCUT2D eigenvalue weighted by Gasteiger charge is -2.38. The van der Waals surface area contributed by atoms with E-state index in [1.807, 2.05) is 60.5 Å². The minimum absolute atomic E-state index is 0.0717. The van der Waals surface area contributed by atoms with Crippen LogP contribution < -0.4 is 18.9 Å². The maximum absolute atomic E-state index is 6.47. The number of nitrogens with zero attached hydrogens (tertiary/aromatic N) is 2. The van der Waals surface area contributed by atoms with Crippen molar-refractivity contribution in [2.75, 3.05) is 20.8 Å². The van der Waals surface area contributed by atoms with E-state index in [0.29, 0.717) is 18.1 Å². The number of hydrazone groups is 1. The van der Waals surface area contributed by atoms with Gasteiger partial charge in [0, 0.05) is 12.0 Å². The molecular formula is C26H26N2O4. The van der Waals surface area contributed by atoms with Gasteiger partial charge in [-0.25, -0.2) is 5.01 Å². The first-order valence-electron chi connectivity index (χ1n) is 10.8. The lowest BCUT2D eigenvalue weighted by Crippen LogP contribution is -2.34. The van der Waals surface area contributed by atoms with Gasteiger partial charge in [-0.1, -0.05) is 24.3 Å². The fourth-order valence-corrected chi connectivity index (χ4v) is 4.43. The van der Waals surface area contributed by atoms with Gasteiger partial charge in [0.2, 0.25) is 6.23 Å². The van der Waals surface area contributed by atoms with Crippen LogP contribution in [0, 0.1) is 0 Å². The predicted octanol–water partition coefficient (Wildman–Crippen LogP) is 5.34. The Kier molecular flexibility index (Phi) is 5.35. The van der Waals surface area contributed by atoms with E-state index in [9.17, 15) is 0 Å². The summed E-state index contributed by atoms with van der Waals surface area (Å²) < 4.78 is 23.3. The Balaban J connectivity index is 1.57. The molecule has 2 atom stereocenters. The van der Waals surface area contributed by atoms with Gasteiger partial charge in [0.25, 0.3) is 0 Å². The number of methoxy groups -OCH3 is 2. The van der Waals surface area contributed by atoms with Crippen molar-refractivity contribution >= 4 is 5.71 Å². The Morgan fingerprint density at radius 3 is 2.47 bits per heavy atom. The standard InChI is InChI=1S/C26H26N2O4/c1-4-31-18-14-12-17(13-15-18)21-16-22-19-8-5-6-10-23(19)32-26(28(22)27-21)20-9-7-11-24(29-2)25(20)30-3/h5-15,22,26H,4,16H2,1-3H3. The highest BCUT2D eigenvalue weighted by atomic mass is 16.5. The van der Waals surface area contributed by atoms with E-state index in [2.05, 4.69) is 18.2 Å². The summed E-state index contributed by atoms with van der Waals surface area (Å²) in [5, 5.41) is 7.08. The van der Waals surface area contributed by atoms with E-state index in [-0.39, 0.29) is 6.04 Å². The zero-order chi connectivity index (χ0) is 22.1. The fraction of sp³-hybridized carbons (Fsp3) is 0.269. The third-order valence-corrected chi connectivity index (χ3v) is 5.90. The molecule has 0 bridgehead atoms. The summed E-state index contributed by atoms with van der Waals surface area (Å²) in [6.45, 7) is 2.63. The maximum Gasteiger partial charge on any atom is 0.217 e. The highest BCUT2D eigenvalue weighted by Crippen LogP contribution is 2.49. The van der Waals surface area contributed by atoms with E-state index in [4.69, 9.17) is 24.0 Å². The molecule has 3 aromatic carbocycles. The molecule has 32 heavy (non-hydrogen) atoms. The van der Waals surface area contributed by atoms with Crippen LogP contribution in [0.1, 0.15) is 42.3 Å². The number of ether oxygens (including phenoxy) is 4. The summed E-state index contributed by atoms with van der Waals surface area (Å²) in [6, 6.07) is 22.2. The van der Waals surface area contributed by atoms with Gasteiger partial charge in [0.15, 0.2) is 11.5 Å². The summed E-state index contributed by atoms with van der Waals surface area (Å²) >= 11 is 0. The molecule has 0 aliphatic carbocycles. The molecule has 2 aliphatic heterocycles. The first-order chi connectivity index (χ1) is 15.7. The van der Waals surface area contributed by atoms with Crippen molar-refractivity contribution in [3.8, 4) is 23.0 Å². The summed E-state index contributed by atoms with van der Waals surface area (Å²) in [4.78, 5) is 0. The zero-order valence-electron chi connectivity index (χ0n) is 18.4. The van der Waals surface area contributed by atoms with E-state index in [1.165, 1.54) is 0 Å². The molecule has 6 nitrogen and oxygen atoms in total. The number of hydrogen-bond donors (Lipinski definition) is 0. The smallest absolute Gasteiger partial charge is 0.217 e. The Hall–Kier alpha value is -3.67. The summed E-state index contributed by atoms with van der Waals surface area (Å²) in [5.41, 5.74) is 4.11. The Bertz CT molecular complexity index is 1140. The molecule has 6 heteroatoms. The number of benzene rings is 3. The molecule has 0 saturated carbocycles. The number of rotatable bonds is 6.